The zero-order valence-corrected chi connectivity index (χ0v) is 14.4. The van der Waals surface area contributed by atoms with E-state index in [1.165, 1.54) is 0 Å². The fourth-order valence-electron chi connectivity index (χ4n) is 2.42. The molecule has 1 atom stereocenters. The van der Waals surface area contributed by atoms with Crippen LogP contribution in [0.3, 0.4) is 0 Å². The maximum absolute atomic E-state index is 11.9. The van der Waals surface area contributed by atoms with E-state index in [2.05, 4.69) is 12.2 Å². The molecule has 0 aromatic rings. The van der Waals surface area contributed by atoms with Crippen LogP contribution in [0.4, 0.5) is 4.79 Å². The number of carbonyl (C=O) groups is 1. The highest BCUT2D eigenvalue weighted by atomic mass is 16.6. The van der Waals surface area contributed by atoms with E-state index in [-0.39, 0.29) is 6.09 Å². The summed E-state index contributed by atoms with van der Waals surface area (Å²) in [5.41, 5.74) is -0.437. The quantitative estimate of drug-likeness (QED) is 0.785. The first-order valence-electron chi connectivity index (χ1n) is 8.00. The summed E-state index contributed by atoms with van der Waals surface area (Å²) >= 11 is 0. The summed E-state index contributed by atoms with van der Waals surface area (Å²) in [5, 5.41) is 3.54. The van der Waals surface area contributed by atoms with Gasteiger partial charge in [0.1, 0.15) is 5.60 Å². The van der Waals surface area contributed by atoms with E-state index in [1.807, 2.05) is 27.7 Å². The van der Waals surface area contributed by atoms with E-state index in [4.69, 9.17) is 9.47 Å². The molecule has 5 nitrogen and oxygen atoms in total. The van der Waals surface area contributed by atoms with Crippen LogP contribution < -0.4 is 5.32 Å². The van der Waals surface area contributed by atoms with Gasteiger partial charge in [-0.05, 0) is 53.0 Å². The Hall–Kier alpha value is -0.810. The number of hydrogen-bond donors (Lipinski definition) is 1. The highest BCUT2D eigenvalue weighted by Crippen LogP contribution is 2.23. The largest absolute Gasteiger partial charge is 0.444 e. The molecule has 1 rings (SSSR count). The Morgan fingerprint density at radius 2 is 2.00 bits per heavy atom. The molecule has 0 bridgehead atoms. The lowest BCUT2D eigenvalue weighted by Gasteiger charge is -2.36. The van der Waals surface area contributed by atoms with Crippen LogP contribution in [0, 0.1) is 5.92 Å². The molecule has 0 heterocycles. The highest BCUT2D eigenvalue weighted by molar-refractivity contribution is 5.67. The summed E-state index contributed by atoms with van der Waals surface area (Å²) in [6, 6.07) is 0.566. The summed E-state index contributed by atoms with van der Waals surface area (Å²) in [7, 11) is 1.79. The van der Waals surface area contributed by atoms with Crippen LogP contribution in [-0.4, -0.2) is 55.5 Å². The van der Waals surface area contributed by atoms with Crippen molar-refractivity contribution in [3.8, 4) is 0 Å². The van der Waals surface area contributed by atoms with Crippen LogP contribution in [0.15, 0.2) is 0 Å². The zero-order chi connectivity index (χ0) is 16.0. The normalized spacial score (nSPS) is 23.3. The van der Waals surface area contributed by atoms with E-state index in [1.54, 1.807) is 11.9 Å². The molecular weight excluding hydrogens is 268 g/mol. The van der Waals surface area contributed by atoms with E-state index >= 15 is 0 Å². The van der Waals surface area contributed by atoms with Crippen molar-refractivity contribution in [2.24, 2.45) is 5.92 Å². The number of nitrogens with zero attached hydrogens (tertiary/aromatic N) is 1. The first-order chi connectivity index (χ1) is 9.71. The Bertz CT molecular complexity index is 322. The molecule has 0 spiro atoms. The van der Waals surface area contributed by atoms with Gasteiger partial charge < -0.3 is 19.7 Å². The SMILES string of the molecule is CCOC1CC(NCC(C)CN(C)C(=O)OC(C)(C)C)C1. The standard InChI is InChI=1S/C16H32N2O3/c1-7-20-14-8-13(9-14)17-10-12(2)11-18(6)15(19)21-16(3,4)5/h12-14,17H,7-11H2,1-6H3. The molecule has 1 unspecified atom stereocenters. The molecule has 5 heteroatoms. The number of nitrogens with one attached hydrogen (secondary N) is 1. The first-order valence-corrected chi connectivity index (χ1v) is 8.00. The summed E-state index contributed by atoms with van der Waals surface area (Å²) in [6.45, 7) is 12.2. The summed E-state index contributed by atoms with van der Waals surface area (Å²) in [4.78, 5) is 13.5. The lowest BCUT2D eigenvalue weighted by Crippen LogP contribution is -2.47. The van der Waals surface area contributed by atoms with Crippen molar-refractivity contribution in [1.29, 1.82) is 0 Å². The maximum Gasteiger partial charge on any atom is 0.410 e. The van der Waals surface area contributed by atoms with Crippen LogP contribution in [0.1, 0.15) is 47.5 Å². The first kappa shape index (κ1) is 18.2. The van der Waals surface area contributed by atoms with Gasteiger partial charge in [0.15, 0.2) is 0 Å². The minimum Gasteiger partial charge on any atom is -0.444 e. The van der Waals surface area contributed by atoms with Crippen molar-refractivity contribution < 1.29 is 14.3 Å². The maximum atomic E-state index is 11.9. The Morgan fingerprint density at radius 1 is 1.38 bits per heavy atom. The molecule has 1 saturated carbocycles. The highest BCUT2D eigenvalue weighted by Gasteiger charge is 2.29. The lowest BCUT2D eigenvalue weighted by molar-refractivity contribution is -0.0107. The van der Waals surface area contributed by atoms with Crippen molar-refractivity contribution in [3.63, 3.8) is 0 Å². The van der Waals surface area contributed by atoms with Crippen molar-refractivity contribution >= 4 is 6.09 Å². The van der Waals surface area contributed by atoms with Crippen LogP contribution in [0.2, 0.25) is 0 Å². The Morgan fingerprint density at radius 3 is 2.52 bits per heavy atom. The molecule has 1 aliphatic carbocycles. The van der Waals surface area contributed by atoms with Crippen LogP contribution >= 0.6 is 0 Å². The average molecular weight is 300 g/mol. The molecule has 0 aliphatic heterocycles. The van der Waals surface area contributed by atoms with E-state index in [0.717, 1.165) is 26.0 Å². The second-order valence-electron chi connectivity index (χ2n) is 7.12. The fourth-order valence-corrected chi connectivity index (χ4v) is 2.42. The number of amides is 1. The smallest absolute Gasteiger partial charge is 0.410 e. The molecule has 1 fully saturated rings. The van der Waals surface area contributed by atoms with E-state index < -0.39 is 5.60 Å². The predicted molar refractivity (Wildman–Crippen MR) is 84.5 cm³/mol. The molecule has 124 valence electrons. The van der Waals surface area contributed by atoms with Crippen molar-refractivity contribution in [2.45, 2.75) is 65.2 Å². The van der Waals surface area contributed by atoms with Gasteiger partial charge in [0, 0.05) is 26.2 Å². The van der Waals surface area contributed by atoms with Gasteiger partial charge in [-0.15, -0.1) is 0 Å². The van der Waals surface area contributed by atoms with E-state index in [0.29, 0.717) is 24.6 Å². The van der Waals surface area contributed by atoms with Gasteiger partial charge in [0.05, 0.1) is 6.10 Å². The van der Waals surface area contributed by atoms with Gasteiger partial charge in [0.25, 0.3) is 0 Å². The Labute approximate surface area is 129 Å². The van der Waals surface area contributed by atoms with Gasteiger partial charge in [-0.2, -0.15) is 0 Å². The zero-order valence-electron chi connectivity index (χ0n) is 14.4. The molecule has 0 aromatic carbocycles. The lowest BCUT2D eigenvalue weighted by atomic mass is 9.89. The molecule has 21 heavy (non-hydrogen) atoms. The summed E-state index contributed by atoms with van der Waals surface area (Å²) in [5.74, 6) is 0.397. The Balaban J connectivity index is 2.16. The third kappa shape index (κ3) is 7.14. The van der Waals surface area contributed by atoms with Crippen LogP contribution in [0.25, 0.3) is 0 Å². The van der Waals surface area contributed by atoms with E-state index in [9.17, 15) is 4.79 Å². The number of rotatable bonds is 7. The minimum atomic E-state index is -0.437. The van der Waals surface area contributed by atoms with Crippen LogP contribution in [0.5, 0.6) is 0 Å². The van der Waals surface area contributed by atoms with Gasteiger partial charge in [0.2, 0.25) is 0 Å². The molecular formula is C16H32N2O3. The average Bonchev–Trinajstić information content (AvgIpc) is 2.29. The predicted octanol–water partition coefficient (Wildman–Crippen LogP) is 2.65. The summed E-state index contributed by atoms with van der Waals surface area (Å²) < 4.78 is 10.9. The summed E-state index contributed by atoms with van der Waals surface area (Å²) in [6.07, 6.45) is 2.38. The third-order valence-corrected chi connectivity index (χ3v) is 3.54. The molecule has 0 saturated heterocycles. The molecule has 0 radical (unpaired) electrons. The van der Waals surface area contributed by atoms with Gasteiger partial charge in [-0.25, -0.2) is 4.79 Å². The molecule has 1 aliphatic rings. The van der Waals surface area contributed by atoms with Gasteiger partial charge >= 0.3 is 6.09 Å². The second kappa shape index (κ2) is 7.99. The van der Waals surface area contributed by atoms with Gasteiger partial charge in [-0.1, -0.05) is 6.92 Å². The second-order valence-corrected chi connectivity index (χ2v) is 7.12. The minimum absolute atomic E-state index is 0.255. The van der Waals surface area contributed by atoms with Gasteiger partial charge in [-0.3, -0.25) is 0 Å². The van der Waals surface area contributed by atoms with Crippen molar-refractivity contribution in [3.05, 3.63) is 0 Å². The van der Waals surface area contributed by atoms with Crippen molar-refractivity contribution in [2.75, 3.05) is 26.7 Å². The molecule has 1 N–H and O–H groups in total. The number of ether oxygens (including phenoxy) is 2. The van der Waals surface area contributed by atoms with Crippen molar-refractivity contribution in [1.82, 2.24) is 10.2 Å². The molecule has 1 amide bonds. The topological polar surface area (TPSA) is 50.8 Å². The number of hydrogen-bond acceptors (Lipinski definition) is 4. The monoisotopic (exact) mass is 300 g/mol. The third-order valence-electron chi connectivity index (χ3n) is 3.54. The Kier molecular flexibility index (Phi) is 6.94. The number of carbonyl (C=O) groups excluding carboxylic acids is 1. The molecule has 0 aromatic heterocycles. The van der Waals surface area contributed by atoms with Crippen LogP contribution in [-0.2, 0) is 9.47 Å². The fraction of sp³-hybridized carbons (Fsp3) is 0.938.